The lowest BCUT2D eigenvalue weighted by Crippen LogP contribution is -2.42. The zero-order chi connectivity index (χ0) is 16.2. The highest BCUT2D eigenvalue weighted by molar-refractivity contribution is 7.13. The van der Waals surface area contributed by atoms with E-state index in [4.69, 9.17) is 11.6 Å². The predicted octanol–water partition coefficient (Wildman–Crippen LogP) is 3.54. The molecule has 1 aliphatic heterocycles. The molecule has 1 fully saturated rings. The van der Waals surface area contributed by atoms with E-state index >= 15 is 0 Å². The number of hydrogen-bond acceptors (Lipinski definition) is 4. The minimum atomic E-state index is 0.0281. The van der Waals surface area contributed by atoms with Gasteiger partial charge in [-0.25, -0.2) is 4.98 Å². The summed E-state index contributed by atoms with van der Waals surface area (Å²) in [7, 11) is 1.96. The first kappa shape index (κ1) is 16.4. The SMILES string of the molecule is CNCC1CCCN(C(=O)c2csc(-c3ccccc3Cl)n2)C1. The third-order valence-electron chi connectivity index (χ3n) is 4.13. The van der Waals surface area contributed by atoms with Gasteiger partial charge in [-0.2, -0.15) is 0 Å². The first-order chi connectivity index (χ1) is 11.2. The van der Waals surface area contributed by atoms with Gasteiger partial charge in [0.25, 0.3) is 5.91 Å². The Kier molecular flexibility index (Phi) is 5.30. The lowest BCUT2D eigenvalue weighted by molar-refractivity contribution is 0.0669. The second-order valence-electron chi connectivity index (χ2n) is 5.83. The number of carbonyl (C=O) groups is 1. The maximum Gasteiger partial charge on any atom is 0.273 e. The van der Waals surface area contributed by atoms with Gasteiger partial charge in [-0.1, -0.05) is 29.8 Å². The summed E-state index contributed by atoms with van der Waals surface area (Å²) in [5.74, 6) is 0.555. The average molecular weight is 350 g/mol. The fourth-order valence-corrected chi connectivity index (χ4v) is 4.11. The average Bonchev–Trinajstić information content (AvgIpc) is 3.05. The molecule has 1 aliphatic rings. The predicted molar refractivity (Wildman–Crippen MR) is 95.1 cm³/mol. The highest BCUT2D eigenvalue weighted by Crippen LogP contribution is 2.30. The number of thiazole rings is 1. The molecule has 0 aliphatic carbocycles. The Labute approximate surface area is 145 Å². The molecule has 1 N–H and O–H groups in total. The smallest absolute Gasteiger partial charge is 0.273 e. The van der Waals surface area contributed by atoms with Gasteiger partial charge in [0.1, 0.15) is 10.7 Å². The van der Waals surface area contributed by atoms with Crippen LogP contribution in [0.25, 0.3) is 10.6 Å². The second-order valence-corrected chi connectivity index (χ2v) is 7.10. The molecule has 0 bridgehead atoms. The molecule has 0 spiro atoms. The molecule has 2 heterocycles. The van der Waals surface area contributed by atoms with Gasteiger partial charge in [-0.05, 0) is 38.4 Å². The Morgan fingerprint density at radius 3 is 3.09 bits per heavy atom. The number of carbonyl (C=O) groups excluding carboxylic acids is 1. The third kappa shape index (κ3) is 3.74. The fraction of sp³-hybridized carbons (Fsp3) is 0.412. The van der Waals surface area contributed by atoms with E-state index in [2.05, 4.69) is 10.3 Å². The topological polar surface area (TPSA) is 45.2 Å². The largest absolute Gasteiger partial charge is 0.337 e. The van der Waals surface area contributed by atoms with Crippen molar-refractivity contribution in [2.75, 3.05) is 26.7 Å². The van der Waals surface area contributed by atoms with Gasteiger partial charge < -0.3 is 10.2 Å². The van der Waals surface area contributed by atoms with Crippen molar-refractivity contribution < 1.29 is 4.79 Å². The molecule has 23 heavy (non-hydrogen) atoms. The summed E-state index contributed by atoms with van der Waals surface area (Å²) < 4.78 is 0. The van der Waals surface area contributed by atoms with E-state index in [-0.39, 0.29) is 5.91 Å². The van der Waals surface area contributed by atoms with Gasteiger partial charge in [0, 0.05) is 24.0 Å². The molecule has 1 aromatic carbocycles. The summed E-state index contributed by atoms with van der Waals surface area (Å²) >= 11 is 7.68. The molecule has 1 saturated heterocycles. The Morgan fingerprint density at radius 1 is 1.48 bits per heavy atom. The molecule has 122 valence electrons. The molecule has 6 heteroatoms. The first-order valence-corrected chi connectivity index (χ1v) is 9.09. The van der Waals surface area contributed by atoms with Crippen LogP contribution in [-0.4, -0.2) is 42.5 Å². The van der Waals surface area contributed by atoms with Crippen LogP contribution in [0.5, 0.6) is 0 Å². The van der Waals surface area contributed by atoms with E-state index in [1.165, 1.54) is 17.8 Å². The number of amides is 1. The molecule has 0 radical (unpaired) electrons. The molecular formula is C17H20ClN3OS. The van der Waals surface area contributed by atoms with E-state index in [1.807, 2.05) is 41.6 Å². The van der Waals surface area contributed by atoms with Crippen molar-refractivity contribution in [1.82, 2.24) is 15.2 Å². The number of nitrogens with one attached hydrogen (secondary N) is 1. The maximum absolute atomic E-state index is 12.7. The van der Waals surface area contributed by atoms with Crippen LogP contribution in [0.2, 0.25) is 5.02 Å². The zero-order valence-electron chi connectivity index (χ0n) is 13.1. The van der Waals surface area contributed by atoms with Crippen molar-refractivity contribution in [2.45, 2.75) is 12.8 Å². The molecule has 3 rings (SSSR count). The number of likely N-dealkylation sites (tertiary alicyclic amines) is 1. The Bertz CT molecular complexity index is 686. The number of nitrogens with zero attached hydrogens (tertiary/aromatic N) is 2. The van der Waals surface area contributed by atoms with E-state index in [0.29, 0.717) is 16.6 Å². The molecule has 1 unspecified atom stereocenters. The van der Waals surface area contributed by atoms with Gasteiger partial charge in [0.2, 0.25) is 0 Å². The van der Waals surface area contributed by atoms with Crippen molar-refractivity contribution in [2.24, 2.45) is 5.92 Å². The van der Waals surface area contributed by atoms with Gasteiger partial charge in [-0.3, -0.25) is 4.79 Å². The maximum atomic E-state index is 12.7. The van der Waals surface area contributed by atoms with Crippen LogP contribution in [0, 0.1) is 5.92 Å². The summed E-state index contributed by atoms with van der Waals surface area (Å²) in [5.41, 5.74) is 1.40. The lowest BCUT2D eigenvalue weighted by Gasteiger charge is -2.32. The summed E-state index contributed by atoms with van der Waals surface area (Å²) in [4.78, 5) is 19.1. The van der Waals surface area contributed by atoms with E-state index < -0.39 is 0 Å². The van der Waals surface area contributed by atoms with Crippen LogP contribution in [-0.2, 0) is 0 Å². The third-order valence-corrected chi connectivity index (χ3v) is 5.33. The van der Waals surface area contributed by atoms with Crippen LogP contribution in [0.15, 0.2) is 29.6 Å². The number of aromatic nitrogens is 1. The number of hydrogen-bond donors (Lipinski definition) is 1. The van der Waals surface area contributed by atoms with Gasteiger partial charge in [0.15, 0.2) is 0 Å². The Hall–Kier alpha value is -1.43. The number of halogens is 1. The second kappa shape index (κ2) is 7.43. The van der Waals surface area contributed by atoms with Crippen LogP contribution >= 0.6 is 22.9 Å². The van der Waals surface area contributed by atoms with E-state index in [9.17, 15) is 4.79 Å². The van der Waals surface area contributed by atoms with Crippen molar-refractivity contribution in [3.63, 3.8) is 0 Å². The van der Waals surface area contributed by atoms with Gasteiger partial charge >= 0.3 is 0 Å². The van der Waals surface area contributed by atoms with Crippen molar-refractivity contribution in [1.29, 1.82) is 0 Å². The Morgan fingerprint density at radius 2 is 2.30 bits per heavy atom. The number of piperidine rings is 1. The minimum absolute atomic E-state index is 0.0281. The number of benzene rings is 1. The van der Waals surface area contributed by atoms with Crippen LogP contribution in [0.1, 0.15) is 23.3 Å². The van der Waals surface area contributed by atoms with E-state index in [0.717, 1.165) is 36.6 Å². The van der Waals surface area contributed by atoms with Crippen molar-refractivity contribution in [3.05, 3.63) is 40.4 Å². The summed E-state index contributed by atoms with van der Waals surface area (Å²) in [6, 6.07) is 7.59. The Balaban J connectivity index is 1.75. The van der Waals surface area contributed by atoms with Crippen LogP contribution in [0.4, 0.5) is 0 Å². The lowest BCUT2D eigenvalue weighted by atomic mass is 9.98. The highest BCUT2D eigenvalue weighted by atomic mass is 35.5. The fourth-order valence-electron chi connectivity index (χ4n) is 3.00. The molecule has 1 aromatic heterocycles. The highest BCUT2D eigenvalue weighted by Gasteiger charge is 2.25. The molecule has 2 aromatic rings. The van der Waals surface area contributed by atoms with Crippen molar-refractivity contribution in [3.8, 4) is 10.6 Å². The van der Waals surface area contributed by atoms with E-state index in [1.54, 1.807) is 0 Å². The summed E-state index contributed by atoms with van der Waals surface area (Å²) in [5, 5.41) is 6.49. The van der Waals surface area contributed by atoms with Crippen LogP contribution < -0.4 is 5.32 Å². The summed E-state index contributed by atoms with van der Waals surface area (Å²) in [6.45, 7) is 2.57. The first-order valence-electron chi connectivity index (χ1n) is 7.83. The molecule has 1 amide bonds. The van der Waals surface area contributed by atoms with Gasteiger partial charge in [-0.15, -0.1) is 11.3 Å². The monoisotopic (exact) mass is 349 g/mol. The van der Waals surface area contributed by atoms with Gasteiger partial charge in [0.05, 0.1) is 5.02 Å². The molecular weight excluding hydrogens is 330 g/mol. The minimum Gasteiger partial charge on any atom is -0.337 e. The molecule has 0 saturated carbocycles. The zero-order valence-corrected chi connectivity index (χ0v) is 14.7. The summed E-state index contributed by atoms with van der Waals surface area (Å²) in [6.07, 6.45) is 2.23. The molecule has 4 nitrogen and oxygen atoms in total. The van der Waals surface area contributed by atoms with Crippen molar-refractivity contribution >= 4 is 28.8 Å². The normalized spacial score (nSPS) is 18.2. The standard InChI is InChI=1S/C17H20ClN3OS/c1-19-9-12-5-4-8-21(10-12)17(22)15-11-23-16(20-15)13-6-2-3-7-14(13)18/h2-3,6-7,11-12,19H,4-5,8-10H2,1H3. The number of rotatable bonds is 4. The molecule has 1 atom stereocenters. The van der Waals surface area contributed by atoms with Crippen LogP contribution in [0.3, 0.4) is 0 Å². The quantitative estimate of drug-likeness (QED) is 0.918.